The standard InChI is InChI=1S/C26H30N4O3/c1-17(2)22-14-23(29-28-22)24(31)30-11-12-33-26(16-30,25(27)32)15-19-5-4-6-21(13-19)20-9-7-18(3)8-10-20/h4-10,13-14,17H,11-12,15-16H2,1-3H3,(H2,27,32)(H,28,29)/t26-/m1/s1. The number of hydrogen-bond acceptors (Lipinski definition) is 4. The summed E-state index contributed by atoms with van der Waals surface area (Å²) in [7, 11) is 0. The minimum Gasteiger partial charge on any atom is -0.367 e. The number of ether oxygens (including phenoxy) is 1. The van der Waals surface area contributed by atoms with Crippen molar-refractivity contribution in [2.24, 2.45) is 5.73 Å². The molecule has 0 unspecified atom stereocenters. The van der Waals surface area contributed by atoms with Gasteiger partial charge in [0.05, 0.1) is 13.2 Å². The van der Waals surface area contributed by atoms with E-state index in [1.54, 1.807) is 11.0 Å². The zero-order valence-corrected chi connectivity index (χ0v) is 19.3. The Bertz CT molecular complexity index is 1150. The van der Waals surface area contributed by atoms with Crippen LogP contribution < -0.4 is 5.73 Å². The van der Waals surface area contributed by atoms with Gasteiger partial charge in [0.1, 0.15) is 5.69 Å². The molecule has 3 N–H and O–H groups in total. The van der Waals surface area contributed by atoms with E-state index < -0.39 is 11.5 Å². The number of carbonyl (C=O) groups is 2. The van der Waals surface area contributed by atoms with Gasteiger partial charge in [0.15, 0.2) is 5.60 Å². The van der Waals surface area contributed by atoms with E-state index in [4.69, 9.17) is 10.5 Å². The molecule has 1 aliphatic rings. The smallest absolute Gasteiger partial charge is 0.274 e. The molecule has 0 radical (unpaired) electrons. The SMILES string of the molecule is Cc1ccc(-c2cccc(C[C@]3(C(N)=O)CN(C(=O)c4cc(C(C)C)[nH]n4)CCO3)c2)cc1. The third-order valence-electron chi connectivity index (χ3n) is 6.16. The van der Waals surface area contributed by atoms with Gasteiger partial charge in [-0.25, -0.2) is 0 Å². The molecule has 0 spiro atoms. The molecule has 7 nitrogen and oxygen atoms in total. The van der Waals surface area contributed by atoms with E-state index in [1.165, 1.54) is 5.56 Å². The van der Waals surface area contributed by atoms with Crippen molar-refractivity contribution in [1.82, 2.24) is 15.1 Å². The van der Waals surface area contributed by atoms with Crippen LogP contribution in [0.3, 0.4) is 0 Å². The maximum absolute atomic E-state index is 13.1. The summed E-state index contributed by atoms with van der Waals surface area (Å²) in [5.74, 6) is -0.583. The third-order valence-corrected chi connectivity index (χ3v) is 6.16. The Balaban J connectivity index is 1.57. The van der Waals surface area contributed by atoms with Gasteiger partial charge >= 0.3 is 0 Å². The fraction of sp³-hybridized carbons (Fsp3) is 0.346. The van der Waals surface area contributed by atoms with Crippen LogP contribution in [0.5, 0.6) is 0 Å². The van der Waals surface area contributed by atoms with E-state index in [0.717, 1.165) is 22.4 Å². The molecule has 1 aromatic heterocycles. The summed E-state index contributed by atoms with van der Waals surface area (Å²) in [5, 5.41) is 7.08. The average Bonchev–Trinajstić information content (AvgIpc) is 3.30. The van der Waals surface area contributed by atoms with Gasteiger partial charge in [0.25, 0.3) is 11.8 Å². The Labute approximate surface area is 193 Å². The number of aromatic amines is 1. The summed E-state index contributed by atoms with van der Waals surface area (Å²) in [4.78, 5) is 27.3. The molecular formula is C26H30N4O3. The number of carbonyl (C=O) groups excluding carboxylic acids is 2. The first-order chi connectivity index (χ1) is 15.8. The first kappa shape index (κ1) is 22.7. The van der Waals surface area contributed by atoms with E-state index in [-0.39, 0.29) is 31.4 Å². The van der Waals surface area contributed by atoms with Crippen LogP contribution in [0.15, 0.2) is 54.6 Å². The zero-order chi connectivity index (χ0) is 23.6. The second-order valence-corrected chi connectivity index (χ2v) is 9.04. The number of nitrogens with one attached hydrogen (secondary N) is 1. The number of primary amides is 1. The second-order valence-electron chi connectivity index (χ2n) is 9.04. The number of H-pyrrole nitrogens is 1. The lowest BCUT2D eigenvalue weighted by Gasteiger charge is -2.40. The topological polar surface area (TPSA) is 101 Å². The lowest BCUT2D eigenvalue weighted by molar-refractivity contribution is -0.153. The molecule has 1 aliphatic heterocycles. The van der Waals surface area contributed by atoms with Crippen LogP contribution in [0.4, 0.5) is 0 Å². The van der Waals surface area contributed by atoms with Crippen molar-refractivity contribution in [3.8, 4) is 11.1 Å². The molecule has 1 fully saturated rings. The monoisotopic (exact) mass is 446 g/mol. The number of morpholine rings is 1. The Kier molecular flexibility index (Phi) is 6.33. The number of hydrogen-bond donors (Lipinski definition) is 2. The number of amides is 2. The molecule has 4 rings (SSSR count). The van der Waals surface area contributed by atoms with Crippen LogP contribution in [-0.2, 0) is 16.0 Å². The number of aromatic nitrogens is 2. The first-order valence-electron chi connectivity index (χ1n) is 11.2. The molecule has 7 heteroatoms. The number of rotatable bonds is 6. The average molecular weight is 447 g/mol. The van der Waals surface area contributed by atoms with E-state index in [0.29, 0.717) is 12.2 Å². The van der Waals surface area contributed by atoms with Crippen LogP contribution in [0, 0.1) is 6.92 Å². The molecule has 2 amide bonds. The Hall–Kier alpha value is -3.45. The second kappa shape index (κ2) is 9.19. The lowest BCUT2D eigenvalue weighted by atomic mass is 9.90. The number of benzene rings is 2. The fourth-order valence-corrected chi connectivity index (χ4v) is 4.14. The summed E-state index contributed by atoms with van der Waals surface area (Å²) in [6.07, 6.45) is 0.281. The van der Waals surface area contributed by atoms with Gasteiger partial charge in [-0.3, -0.25) is 14.7 Å². The van der Waals surface area contributed by atoms with E-state index in [9.17, 15) is 9.59 Å². The maximum atomic E-state index is 13.1. The summed E-state index contributed by atoms with van der Waals surface area (Å²) < 4.78 is 5.96. The zero-order valence-electron chi connectivity index (χ0n) is 19.3. The van der Waals surface area contributed by atoms with Gasteiger partial charge in [-0.1, -0.05) is 67.9 Å². The molecule has 33 heavy (non-hydrogen) atoms. The number of aryl methyl sites for hydroxylation is 1. The summed E-state index contributed by atoms with van der Waals surface area (Å²) in [5.41, 5.74) is 10.0. The van der Waals surface area contributed by atoms with Gasteiger partial charge in [-0.15, -0.1) is 0 Å². The predicted octanol–water partition coefficient (Wildman–Crippen LogP) is 3.45. The van der Waals surface area contributed by atoms with Gasteiger partial charge in [0.2, 0.25) is 0 Å². The van der Waals surface area contributed by atoms with Crippen molar-refractivity contribution >= 4 is 11.8 Å². The maximum Gasteiger partial charge on any atom is 0.274 e. The van der Waals surface area contributed by atoms with Crippen LogP contribution >= 0.6 is 0 Å². The van der Waals surface area contributed by atoms with E-state index >= 15 is 0 Å². The van der Waals surface area contributed by atoms with Gasteiger partial charge in [-0.2, -0.15) is 5.10 Å². The summed E-state index contributed by atoms with van der Waals surface area (Å²) in [6.45, 7) is 6.80. The predicted molar refractivity (Wildman–Crippen MR) is 127 cm³/mol. The molecule has 0 saturated carbocycles. The lowest BCUT2D eigenvalue weighted by Crippen LogP contribution is -2.61. The van der Waals surface area contributed by atoms with Gasteiger partial charge in [0, 0.05) is 18.7 Å². The van der Waals surface area contributed by atoms with Crippen molar-refractivity contribution in [3.63, 3.8) is 0 Å². The quantitative estimate of drug-likeness (QED) is 0.606. The summed E-state index contributed by atoms with van der Waals surface area (Å²) >= 11 is 0. The van der Waals surface area contributed by atoms with Gasteiger partial charge < -0.3 is 15.4 Å². The van der Waals surface area contributed by atoms with Crippen LogP contribution in [-0.4, -0.2) is 52.2 Å². The minimum atomic E-state index is -1.29. The molecule has 172 valence electrons. The molecule has 0 aliphatic carbocycles. The van der Waals surface area contributed by atoms with E-state index in [2.05, 4.69) is 41.4 Å². The van der Waals surface area contributed by atoms with Crippen molar-refractivity contribution in [2.75, 3.05) is 19.7 Å². The van der Waals surface area contributed by atoms with Crippen molar-refractivity contribution in [3.05, 3.63) is 77.1 Å². The van der Waals surface area contributed by atoms with E-state index in [1.807, 2.05) is 38.1 Å². The molecule has 3 aromatic rings. The largest absolute Gasteiger partial charge is 0.367 e. The minimum absolute atomic E-state index is 0.0831. The van der Waals surface area contributed by atoms with Crippen molar-refractivity contribution < 1.29 is 14.3 Å². The van der Waals surface area contributed by atoms with Crippen LogP contribution in [0.2, 0.25) is 0 Å². The molecule has 2 heterocycles. The number of nitrogens with zero attached hydrogens (tertiary/aromatic N) is 2. The van der Waals surface area contributed by atoms with Crippen LogP contribution in [0.1, 0.15) is 47.1 Å². The van der Waals surface area contributed by atoms with Crippen molar-refractivity contribution in [1.29, 1.82) is 0 Å². The third kappa shape index (κ3) is 4.83. The highest BCUT2D eigenvalue weighted by Crippen LogP contribution is 2.27. The summed E-state index contributed by atoms with van der Waals surface area (Å²) in [6, 6.07) is 18.0. The number of nitrogens with two attached hydrogens (primary N) is 1. The Morgan fingerprint density at radius 2 is 1.91 bits per heavy atom. The van der Waals surface area contributed by atoms with Crippen LogP contribution in [0.25, 0.3) is 11.1 Å². The molecule has 2 aromatic carbocycles. The molecule has 0 bridgehead atoms. The molecule has 1 atom stereocenters. The highest BCUT2D eigenvalue weighted by Gasteiger charge is 2.44. The Morgan fingerprint density at radius 1 is 1.15 bits per heavy atom. The highest BCUT2D eigenvalue weighted by molar-refractivity contribution is 5.93. The molecular weight excluding hydrogens is 416 g/mol. The highest BCUT2D eigenvalue weighted by atomic mass is 16.5. The van der Waals surface area contributed by atoms with Gasteiger partial charge in [-0.05, 0) is 35.6 Å². The van der Waals surface area contributed by atoms with Crippen molar-refractivity contribution in [2.45, 2.75) is 38.7 Å². The normalized spacial score (nSPS) is 18.5. The fourth-order valence-electron chi connectivity index (χ4n) is 4.14. The molecule has 1 saturated heterocycles. The Morgan fingerprint density at radius 3 is 2.58 bits per heavy atom. The first-order valence-corrected chi connectivity index (χ1v) is 11.2.